The fourth-order valence-corrected chi connectivity index (χ4v) is 4.34. The van der Waals surface area contributed by atoms with E-state index in [9.17, 15) is 9.59 Å². The average molecular weight is 408 g/mol. The summed E-state index contributed by atoms with van der Waals surface area (Å²) in [5.41, 5.74) is 1.60. The van der Waals surface area contributed by atoms with Gasteiger partial charge >= 0.3 is 6.03 Å². The molecular formula is C23H29N5O2. The first-order valence-corrected chi connectivity index (χ1v) is 10.6. The SMILES string of the molecule is CN(C)CCCC1CCCN(C(=O)N2c3ccccc3C(=O)Nc3cccnc32)C1. The summed E-state index contributed by atoms with van der Waals surface area (Å²) in [5, 5.41) is 2.90. The third-order valence-corrected chi connectivity index (χ3v) is 5.83. The van der Waals surface area contributed by atoms with Crippen molar-refractivity contribution in [1.82, 2.24) is 14.8 Å². The van der Waals surface area contributed by atoms with Crippen LogP contribution in [0.25, 0.3) is 0 Å². The van der Waals surface area contributed by atoms with Crippen molar-refractivity contribution in [2.45, 2.75) is 25.7 Å². The first kappa shape index (κ1) is 20.3. The van der Waals surface area contributed by atoms with E-state index >= 15 is 0 Å². The standard InChI is InChI=1S/C23H29N5O2/c1-26(2)14-6-8-17-9-7-15-27(16-17)23(30)28-20-12-4-3-10-18(20)22(29)25-19-11-5-13-24-21(19)28/h3-5,10-13,17H,6-9,14-16H2,1-2H3,(H,25,29). The van der Waals surface area contributed by atoms with Gasteiger partial charge in [0, 0.05) is 19.3 Å². The molecule has 0 radical (unpaired) electrons. The maximum absolute atomic E-state index is 13.7. The number of hydrogen-bond acceptors (Lipinski definition) is 4. The van der Waals surface area contributed by atoms with Crippen molar-refractivity contribution in [3.05, 3.63) is 48.2 Å². The molecule has 2 aliphatic heterocycles. The highest BCUT2D eigenvalue weighted by atomic mass is 16.2. The third kappa shape index (κ3) is 4.16. The maximum Gasteiger partial charge on any atom is 0.330 e. The molecule has 2 aromatic rings. The predicted octanol–water partition coefficient (Wildman–Crippen LogP) is 3.96. The Bertz CT molecular complexity index is 929. The maximum atomic E-state index is 13.7. The van der Waals surface area contributed by atoms with Crippen molar-refractivity contribution in [2.24, 2.45) is 5.92 Å². The molecule has 0 bridgehead atoms. The number of nitrogens with one attached hydrogen (secondary N) is 1. The van der Waals surface area contributed by atoms with Crippen molar-refractivity contribution in [2.75, 3.05) is 43.9 Å². The lowest BCUT2D eigenvalue weighted by Crippen LogP contribution is -2.46. The van der Waals surface area contributed by atoms with Crippen molar-refractivity contribution in [3.63, 3.8) is 0 Å². The van der Waals surface area contributed by atoms with Gasteiger partial charge in [-0.25, -0.2) is 14.7 Å². The van der Waals surface area contributed by atoms with Crippen LogP contribution in [0, 0.1) is 5.92 Å². The molecule has 30 heavy (non-hydrogen) atoms. The first-order valence-electron chi connectivity index (χ1n) is 10.6. The van der Waals surface area contributed by atoms with E-state index in [0.717, 1.165) is 45.3 Å². The first-order chi connectivity index (χ1) is 14.5. The Kier molecular flexibility index (Phi) is 5.99. The second kappa shape index (κ2) is 8.83. The number of para-hydroxylation sites is 1. The normalized spacial score (nSPS) is 18.5. The molecule has 0 aliphatic carbocycles. The number of hydrogen-bond donors (Lipinski definition) is 1. The highest BCUT2D eigenvalue weighted by Gasteiger charge is 2.34. The van der Waals surface area contributed by atoms with Crippen LogP contribution in [0.15, 0.2) is 42.6 Å². The molecule has 1 aromatic heterocycles. The summed E-state index contributed by atoms with van der Waals surface area (Å²) in [6, 6.07) is 10.7. The minimum Gasteiger partial charge on any atom is -0.324 e. The van der Waals surface area contributed by atoms with Gasteiger partial charge in [0.2, 0.25) is 0 Å². The number of benzene rings is 1. The summed E-state index contributed by atoms with van der Waals surface area (Å²) >= 11 is 0. The van der Waals surface area contributed by atoms with E-state index in [-0.39, 0.29) is 11.9 Å². The number of anilines is 3. The number of rotatable bonds is 4. The number of urea groups is 1. The quantitative estimate of drug-likeness (QED) is 0.833. The van der Waals surface area contributed by atoms with Crippen molar-refractivity contribution < 1.29 is 9.59 Å². The van der Waals surface area contributed by atoms with Crippen molar-refractivity contribution in [3.8, 4) is 0 Å². The number of carbonyl (C=O) groups excluding carboxylic acids is 2. The van der Waals surface area contributed by atoms with Gasteiger partial charge in [-0.05, 0) is 76.5 Å². The largest absolute Gasteiger partial charge is 0.330 e. The smallest absolute Gasteiger partial charge is 0.324 e. The van der Waals surface area contributed by atoms with E-state index < -0.39 is 0 Å². The van der Waals surface area contributed by atoms with Crippen LogP contribution < -0.4 is 10.2 Å². The van der Waals surface area contributed by atoms with Gasteiger partial charge < -0.3 is 15.1 Å². The Labute approximate surface area is 177 Å². The Morgan fingerprint density at radius 3 is 2.90 bits per heavy atom. The zero-order chi connectivity index (χ0) is 21.1. The zero-order valence-electron chi connectivity index (χ0n) is 17.7. The summed E-state index contributed by atoms with van der Waals surface area (Å²) < 4.78 is 0. The molecule has 1 aromatic carbocycles. The zero-order valence-corrected chi connectivity index (χ0v) is 17.7. The number of pyridine rings is 1. The molecule has 158 valence electrons. The van der Waals surface area contributed by atoms with Gasteiger partial charge in [-0.1, -0.05) is 12.1 Å². The Morgan fingerprint density at radius 1 is 1.23 bits per heavy atom. The van der Waals surface area contributed by atoms with Crippen LogP contribution >= 0.6 is 0 Å². The molecule has 1 N–H and O–H groups in total. The lowest BCUT2D eigenvalue weighted by Gasteiger charge is -2.36. The number of amides is 3. The second-order valence-electron chi connectivity index (χ2n) is 8.36. The number of piperidine rings is 1. The average Bonchev–Trinajstić information content (AvgIpc) is 2.87. The van der Waals surface area contributed by atoms with Gasteiger partial charge in [0.25, 0.3) is 5.91 Å². The van der Waals surface area contributed by atoms with Crippen LogP contribution in [-0.2, 0) is 0 Å². The van der Waals surface area contributed by atoms with Gasteiger partial charge in [0.15, 0.2) is 5.82 Å². The molecule has 0 spiro atoms. The van der Waals surface area contributed by atoms with E-state index in [0.29, 0.717) is 28.7 Å². The van der Waals surface area contributed by atoms with Gasteiger partial charge in [-0.15, -0.1) is 0 Å². The number of nitrogens with zero attached hydrogens (tertiary/aromatic N) is 4. The topological polar surface area (TPSA) is 68.8 Å². The summed E-state index contributed by atoms with van der Waals surface area (Å²) in [5.74, 6) is 0.749. The summed E-state index contributed by atoms with van der Waals surface area (Å²) in [4.78, 5) is 36.7. The van der Waals surface area contributed by atoms with E-state index in [1.54, 1.807) is 29.3 Å². The number of likely N-dealkylation sites (tertiary alicyclic amines) is 1. The Balaban J connectivity index is 1.62. The number of carbonyl (C=O) groups is 2. The molecule has 3 amide bonds. The Morgan fingerprint density at radius 2 is 2.07 bits per heavy atom. The van der Waals surface area contributed by atoms with Gasteiger partial charge in [-0.2, -0.15) is 0 Å². The monoisotopic (exact) mass is 407 g/mol. The van der Waals surface area contributed by atoms with Gasteiger partial charge in [0.05, 0.1) is 16.9 Å². The van der Waals surface area contributed by atoms with Gasteiger partial charge in [0.1, 0.15) is 0 Å². The molecule has 7 heteroatoms. The van der Waals surface area contributed by atoms with Gasteiger partial charge in [-0.3, -0.25) is 4.79 Å². The molecule has 1 unspecified atom stereocenters. The molecule has 1 saturated heterocycles. The summed E-state index contributed by atoms with van der Waals surface area (Å²) in [6.45, 7) is 2.54. The van der Waals surface area contributed by atoms with Crippen LogP contribution in [0.1, 0.15) is 36.0 Å². The minimum absolute atomic E-state index is 0.115. The number of fused-ring (bicyclic) bond motifs is 2. The number of aromatic nitrogens is 1. The molecule has 1 atom stereocenters. The van der Waals surface area contributed by atoms with E-state index in [2.05, 4.69) is 29.3 Å². The molecule has 0 saturated carbocycles. The molecule has 2 aliphatic rings. The third-order valence-electron chi connectivity index (χ3n) is 5.83. The molecule has 4 rings (SSSR count). The van der Waals surface area contributed by atoms with Crippen LogP contribution in [0.2, 0.25) is 0 Å². The molecular weight excluding hydrogens is 378 g/mol. The van der Waals surface area contributed by atoms with Crippen LogP contribution in [0.3, 0.4) is 0 Å². The van der Waals surface area contributed by atoms with Crippen LogP contribution in [0.4, 0.5) is 22.0 Å². The van der Waals surface area contributed by atoms with Crippen LogP contribution in [-0.4, -0.2) is 60.5 Å². The fourth-order valence-electron chi connectivity index (χ4n) is 4.34. The van der Waals surface area contributed by atoms with Crippen molar-refractivity contribution >= 4 is 29.1 Å². The lowest BCUT2D eigenvalue weighted by atomic mass is 9.93. The van der Waals surface area contributed by atoms with Crippen molar-refractivity contribution in [1.29, 1.82) is 0 Å². The highest BCUT2D eigenvalue weighted by molar-refractivity contribution is 6.16. The Hall–Kier alpha value is -2.93. The predicted molar refractivity (Wildman–Crippen MR) is 118 cm³/mol. The summed E-state index contributed by atoms with van der Waals surface area (Å²) in [7, 11) is 4.18. The fraction of sp³-hybridized carbons (Fsp3) is 0.435. The second-order valence-corrected chi connectivity index (χ2v) is 8.36. The molecule has 7 nitrogen and oxygen atoms in total. The highest BCUT2D eigenvalue weighted by Crippen LogP contribution is 2.37. The lowest BCUT2D eigenvalue weighted by molar-refractivity contribution is 0.102. The van der Waals surface area contributed by atoms with E-state index in [1.807, 2.05) is 23.1 Å². The van der Waals surface area contributed by atoms with E-state index in [4.69, 9.17) is 0 Å². The summed E-state index contributed by atoms with van der Waals surface area (Å²) in [6.07, 6.45) is 6.06. The molecule has 1 fully saturated rings. The van der Waals surface area contributed by atoms with Crippen LogP contribution in [0.5, 0.6) is 0 Å². The van der Waals surface area contributed by atoms with E-state index in [1.165, 1.54) is 0 Å². The minimum atomic E-state index is -0.227. The molecule has 3 heterocycles.